The predicted molar refractivity (Wildman–Crippen MR) is 43.9 cm³/mol. The van der Waals surface area contributed by atoms with Crippen molar-refractivity contribution in [2.45, 2.75) is 41.0 Å². The Morgan fingerprint density at radius 2 is 1.80 bits per heavy atom. The Labute approximate surface area is 63.8 Å². The molecule has 0 saturated carbocycles. The van der Waals surface area contributed by atoms with Crippen molar-refractivity contribution < 1.29 is 4.79 Å². The van der Waals surface area contributed by atoms with E-state index in [9.17, 15) is 4.79 Å². The normalized spacial score (nSPS) is 14.9. The highest BCUT2D eigenvalue weighted by Crippen LogP contribution is 2.28. The molecule has 1 nitrogen and oxygen atoms in total. The van der Waals surface area contributed by atoms with Crippen molar-refractivity contribution in [3.8, 4) is 0 Å². The summed E-state index contributed by atoms with van der Waals surface area (Å²) in [6, 6.07) is 0. The number of Topliss-reactive ketones (excluding diaryl/α,β-unsaturated/α-hetero) is 1. The number of hydrogen-bond donors (Lipinski definition) is 0. The molecule has 0 aromatic carbocycles. The van der Waals surface area contributed by atoms with Gasteiger partial charge in [-0.3, -0.25) is 4.79 Å². The van der Waals surface area contributed by atoms with Crippen LogP contribution in [0.25, 0.3) is 0 Å². The molecular weight excluding hydrogens is 124 g/mol. The van der Waals surface area contributed by atoms with Crippen LogP contribution in [0, 0.1) is 11.3 Å². The fourth-order valence-electron chi connectivity index (χ4n) is 1.51. The van der Waals surface area contributed by atoms with Gasteiger partial charge in [-0.1, -0.05) is 27.7 Å². The van der Waals surface area contributed by atoms with Crippen molar-refractivity contribution in [2.24, 2.45) is 11.3 Å². The first kappa shape index (κ1) is 9.67. The molecule has 0 spiro atoms. The van der Waals surface area contributed by atoms with Gasteiger partial charge in [-0.05, 0) is 18.8 Å². The van der Waals surface area contributed by atoms with Gasteiger partial charge in [-0.15, -0.1) is 0 Å². The molecule has 0 aromatic heterocycles. The molecule has 0 heterocycles. The van der Waals surface area contributed by atoms with Crippen molar-refractivity contribution in [1.29, 1.82) is 0 Å². The standard InChI is InChI=1S/C9H18O/c1-6-8(7(2)10)9(3,4)5/h8H,6H2,1-5H3/t8-/m0/s1. The minimum Gasteiger partial charge on any atom is -0.300 e. The maximum Gasteiger partial charge on any atom is 0.133 e. The van der Waals surface area contributed by atoms with Crippen molar-refractivity contribution in [3.05, 3.63) is 0 Å². The fourth-order valence-corrected chi connectivity index (χ4v) is 1.51. The van der Waals surface area contributed by atoms with Gasteiger partial charge in [0.25, 0.3) is 0 Å². The average Bonchev–Trinajstić information content (AvgIpc) is 1.60. The van der Waals surface area contributed by atoms with Gasteiger partial charge < -0.3 is 0 Å². The van der Waals surface area contributed by atoms with E-state index >= 15 is 0 Å². The molecule has 0 rings (SSSR count). The number of carbonyl (C=O) groups is 1. The zero-order valence-electron chi connectivity index (χ0n) is 7.69. The van der Waals surface area contributed by atoms with Gasteiger partial charge in [0.2, 0.25) is 0 Å². The molecule has 60 valence electrons. The minimum atomic E-state index is 0.139. The minimum absolute atomic E-state index is 0.139. The Balaban J connectivity index is 4.22. The molecule has 0 aliphatic carbocycles. The van der Waals surface area contributed by atoms with Gasteiger partial charge in [0.15, 0.2) is 0 Å². The second-order valence-electron chi connectivity index (χ2n) is 3.94. The lowest BCUT2D eigenvalue weighted by atomic mass is 9.77. The maximum absolute atomic E-state index is 11.0. The van der Waals surface area contributed by atoms with Crippen molar-refractivity contribution in [1.82, 2.24) is 0 Å². The molecule has 1 atom stereocenters. The van der Waals surface area contributed by atoms with E-state index < -0.39 is 0 Å². The summed E-state index contributed by atoms with van der Waals surface area (Å²) >= 11 is 0. The SMILES string of the molecule is CC[C@@H](C(C)=O)C(C)(C)C. The van der Waals surface area contributed by atoms with E-state index in [0.717, 1.165) is 6.42 Å². The summed E-state index contributed by atoms with van der Waals surface area (Å²) in [4.78, 5) is 11.0. The highest BCUT2D eigenvalue weighted by Gasteiger charge is 2.26. The number of ketones is 1. The van der Waals surface area contributed by atoms with Crippen molar-refractivity contribution in [2.75, 3.05) is 0 Å². The third kappa shape index (κ3) is 2.51. The summed E-state index contributed by atoms with van der Waals surface area (Å²) in [6.07, 6.45) is 0.957. The topological polar surface area (TPSA) is 17.1 Å². The van der Waals surface area contributed by atoms with Crippen molar-refractivity contribution >= 4 is 5.78 Å². The predicted octanol–water partition coefficient (Wildman–Crippen LogP) is 2.65. The molecule has 1 heteroatoms. The van der Waals surface area contributed by atoms with Crippen LogP contribution in [0.3, 0.4) is 0 Å². The van der Waals surface area contributed by atoms with Crippen LogP contribution in [0.1, 0.15) is 41.0 Å². The fraction of sp³-hybridized carbons (Fsp3) is 0.889. The lowest BCUT2D eigenvalue weighted by Gasteiger charge is -2.27. The van der Waals surface area contributed by atoms with Crippen LogP contribution in [0.2, 0.25) is 0 Å². The Morgan fingerprint density at radius 1 is 1.40 bits per heavy atom. The van der Waals surface area contributed by atoms with Crippen LogP contribution < -0.4 is 0 Å². The Kier molecular flexibility index (Phi) is 3.07. The first-order valence-corrected chi connectivity index (χ1v) is 3.90. The molecule has 0 N–H and O–H groups in total. The highest BCUT2D eigenvalue weighted by atomic mass is 16.1. The van der Waals surface area contributed by atoms with Crippen LogP contribution in [-0.2, 0) is 4.79 Å². The summed E-state index contributed by atoms with van der Waals surface area (Å²) in [7, 11) is 0. The summed E-state index contributed by atoms with van der Waals surface area (Å²) in [6.45, 7) is 10.1. The quantitative estimate of drug-likeness (QED) is 0.579. The number of carbonyl (C=O) groups excluding carboxylic acids is 1. The van der Waals surface area contributed by atoms with Gasteiger partial charge in [0.05, 0.1) is 0 Å². The third-order valence-corrected chi connectivity index (χ3v) is 1.94. The van der Waals surface area contributed by atoms with Crippen LogP contribution in [0.5, 0.6) is 0 Å². The zero-order chi connectivity index (χ0) is 8.36. The molecular formula is C9H18O. The van der Waals surface area contributed by atoms with E-state index in [1.807, 2.05) is 0 Å². The van der Waals surface area contributed by atoms with Crippen molar-refractivity contribution in [3.63, 3.8) is 0 Å². The van der Waals surface area contributed by atoms with Crippen LogP contribution in [-0.4, -0.2) is 5.78 Å². The third-order valence-electron chi connectivity index (χ3n) is 1.94. The Hall–Kier alpha value is -0.330. The molecule has 0 radical (unpaired) electrons. The van der Waals surface area contributed by atoms with Crippen LogP contribution >= 0.6 is 0 Å². The lowest BCUT2D eigenvalue weighted by Crippen LogP contribution is -2.25. The van der Waals surface area contributed by atoms with E-state index in [2.05, 4.69) is 27.7 Å². The lowest BCUT2D eigenvalue weighted by molar-refractivity contribution is -0.123. The highest BCUT2D eigenvalue weighted by molar-refractivity contribution is 5.78. The van der Waals surface area contributed by atoms with Crippen LogP contribution in [0.15, 0.2) is 0 Å². The molecule has 10 heavy (non-hydrogen) atoms. The summed E-state index contributed by atoms with van der Waals surface area (Å²) < 4.78 is 0. The summed E-state index contributed by atoms with van der Waals surface area (Å²) in [5.41, 5.74) is 0.139. The molecule has 0 bridgehead atoms. The van der Waals surface area contributed by atoms with E-state index in [-0.39, 0.29) is 11.3 Å². The first-order chi connectivity index (χ1) is 4.39. The van der Waals surface area contributed by atoms with E-state index in [1.54, 1.807) is 6.92 Å². The Bertz CT molecular complexity index is 119. The smallest absolute Gasteiger partial charge is 0.133 e. The molecule has 0 aromatic rings. The van der Waals surface area contributed by atoms with E-state index in [0.29, 0.717) is 5.78 Å². The van der Waals surface area contributed by atoms with Gasteiger partial charge in [-0.2, -0.15) is 0 Å². The molecule has 0 saturated heterocycles. The number of rotatable bonds is 2. The second-order valence-corrected chi connectivity index (χ2v) is 3.94. The Morgan fingerprint density at radius 3 is 1.80 bits per heavy atom. The van der Waals surface area contributed by atoms with Gasteiger partial charge >= 0.3 is 0 Å². The molecule has 0 fully saturated rings. The van der Waals surface area contributed by atoms with Gasteiger partial charge in [0.1, 0.15) is 5.78 Å². The zero-order valence-corrected chi connectivity index (χ0v) is 7.69. The maximum atomic E-state index is 11.0. The monoisotopic (exact) mass is 142 g/mol. The summed E-state index contributed by atoms with van der Waals surface area (Å²) in [5, 5.41) is 0. The average molecular weight is 142 g/mol. The van der Waals surface area contributed by atoms with E-state index in [1.165, 1.54) is 0 Å². The van der Waals surface area contributed by atoms with Gasteiger partial charge in [-0.25, -0.2) is 0 Å². The molecule has 0 aliphatic rings. The summed E-state index contributed by atoms with van der Waals surface area (Å²) in [5.74, 6) is 0.544. The largest absolute Gasteiger partial charge is 0.300 e. The molecule has 0 unspecified atom stereocenters. The molecule has 0 amide bonds. The number of hydrogen-bond acceptors (Lipinski definition) is 1. The van der Waals surface area contributed by atoms with E-state index in [4.69, 9.17) is 0 Å². The van der Waals surface area contributed by atoms with Gasteiger partial charge in [0, 0.05) is 5.92 Å². The van der Waals surface area contributed by atoms with Crippen LogP contribution in [0.4, 0.5) is 0 Å². The molecule has 0 aliphatic heterocycles. The second kappa shape index (κ2) is 3.18. The first-order valence-electron chi connectivity index (χ1n) is 3.90.